The van der Waals surface area contributed by atoms with Gasteiger partial charge in [0.25, 0.3) is 0 Å². The van der Waals surface area contributed by atoms with E-state index in [1.54, 1.807) is 12.2 Å². The first-order chi connectivity index (χ1) is 6.15. The Morgan fingerprint density at radius 2 is 2.08 bits per heavy atom. The SMILES string of the molecule is CC=CC(=O)N(CC)CC(C)CC. The number of hydrogen-bond donors (Lipinski definition) is 0. The molecule has 13 heavy (non-hydrogen) atoms. The molecule has 0 radical (unpaired) electrons. The Bertz CT molecular complexity index is 175. The van der Waals surface area contributed by atoms with Gasteiger partial charge in [-0.3, -0.25) is 4.79 Å². The van der Waals surface area contributed by atoms with Crippen LogP contribution in [0.4, 0.5) is 0 Å². The van der Waals surface area contributed by atoms with Crippen LogP contribution in [0, 0.1) is 5.92 Å². The fraction of sp³-hybridized carbons (Fsp3) is 0.727. The zero-order chi connectivity index (χ0) is 10.3. The molecular formula is C11H21NO. The number of carbonyl (C=O) groups excluding carboxylic acids is 1. The topological polar surface area (TPSA) is 20.3 Å². The molecule has 1 atom stereocenters. The summed E-state index contributed by atoms with van der Waals surface area (Å²) in [5, 5.41) is 0. The van der Waals surface area contributed by atoms with E-state index in [0.29, 0.717) is 5.92 Å². The monoisotopic (exact) mass is 183 g/mol. The van der Waals surface area contributed by atoms with Crippen molar-refractivity contribution in [3.8, 4) is 0 Å². The summed E-state index contributed by atoms with van der Waals surface area (Å²) in [6.07, 6.45) is 4.55. The summed E-state index contributed by atoms with van der Waals surface area (Å²) in [7, 11) is 0. The minimum atomic E-state index is 0.130. The molecule has 2 heteroatoms. The lowest BCUT2D eigenvalue weighted by molar-refractivity contribution is -0.126. The maximum Gasteiger partial charge on any atom is 0.246 e. The van der Waals surface area contributed by atoms with Crippen molar-refractivity contribution in [1.82, 2.24) is 4.90 Å². The van der Waals surface area contributed by atoms with E-state index in [0.717, 1.165) is 19.5 Å². The van der Waals surface area contributed by atoms with Crippen LogP contribution in [0.5, 0.6) is 0 Å². The Balaban J connectivity index is 4.09. The molecule has 0 saturated heterocycles. The Kier molecular flexibility index (Phi) is 6.29. The normalized spacial score (nSPS) is 13.2. The lowest BCUT2D eigenvalue weighted by atomic mass is 10.1. The third-order valence-electron chi connectivity index (χ3n) is 2.23. The van der Waals surface area contributed by atoms with Crippen LogP contribution in [0.3, 0.4) is 0 Å². The molecule has 76 valence electrons. The van der Waals surface area contributed by atoms with Crippen molar-refractivity contribution >= 4 is 5.91 Å². The standard InChI is InChI=1S/C11H21NO/c1-5-8-11(13)12(7-3)9-10(4)6-2/h5,8,10H,6-7,9H2,1-4H3. The van der Waals surface area contributed by atoms with Crippen LogP contribution in [0.25, 0.3) is 0 Å². The highest BCUT2D eigenvalue weighted by Gasteiger charge is 2.10. The first-order valence-corrected chi connectivity index (χ1v) is 5.07. The van der Waals surface area contributed by atoms with Crippen molar-refractivity contribution in [3.05, 3.63) is 12.2 Å². The third-order valence-corrected chi connectivity index (χ3v) is 2.23. The Morgan fingerprint density at radius 3 is 2.46 bits per heavy atom. The van der Waals surface area contributed by atoms with E-state index in [4.69, 9.17) is 0 Å². The van der Waals surface area contributed by atoms with E-state index in [9.17, 15) is 4.79 Å². The van der Waals surface area contributed by atoms with E-state index < -0.39 is 0 Å². The molecule has 0 aromatic rings. The molecule has 0 aliphatic rings. The number of likely N-dealkylation sites (N-methyl/N-ethyl adjacent to an activating group) is 1. The smallest absolute Gasteiger partial charge is 0.246 e. The summed E-state index contributed by atoms with van der Waals surface area (Å²) in [6.45, 7) is 9.88. The highest BCUT2D eigenvalue weighted by molar-refractivity contribution is 5.87. The molecule has 0 rings (SSSR count). The summed E-state index contributed by atoms with van der Waals surface area (Å²) in [5.74, 6) is 0.722. The Labute approximate surface area is 81.6 Å². The molecule has 0 bridgehead atoms. The van der Waals surface area contributed by atoms with Gasteiger partial charge in [-0.05, 0) is 25.8 Å². The van der Waals surface area contributed by atoms with Crippen LogP contribution >= 0.6 is 0 Å². The minimum absolute atomic E-state index is 0.130. The molecule has 0 aliphatic carbocycles. The first kappa shape index (κ1) is 12.2. The van der Waals surface area contributed by atoms with Gasteiger partial charge in [0.2, 0.25) is 5.91 Å². The van der Waals surface area contributed by atoms with Crippen molar-refractivity contribution in [2.75, 3.05) is 13.1 Å². The van der Waals surface area contributed by atoms with Crippen molar-refractivity contribution in [1.29, 1.82) is 0 Å². The number of rotatable bonds is 5. The molecule has 0 fully saturated rings. The second-order valence-corrected chi connectivity index (χ2v) is 3.39. The second kappa shape index (κ2) is 6.70. The largest absolute Gasteiger partial charge is 0.339 e. The zero-order valence-electron chi connectivity index (χ0n) is 9.21. The molecule has 0 saturated carbocycles. The summed E-state index contributed by atoms with van der Waals surface area (Å²) in [6, 6.07) is 0. The second-order valence-electron chi connectivity index (χ2n) is 3.39. The highest BCUT2D eigenvalue weighted by Crippen LogP contribution is 2.04. The average molecular weight is 183 g/mol. The Hall–Kier alpha value is -0.790. The molecule has 2 nitrogen and oxygen atoms in total. The van der Waals surface area contributed by atoms with E-state index in [1.807, 2.05) is 18.7 Å². The molecule has 0 aliphatic heterocycles. The van der Waals surface area contributed by atoms with Gasteiger partial charge in [-0.2, -0.15) is 0 Å². The van der Waals surface area contributed by atoms with Crippen LogP contribution in [-0.2, 0) is 4.79 Å². The van der Waals surface area contributed by atoms with Gasteiger partial charge < -0.3 is 4.90 Å². The fourth-order valence-electron chi connectivity index (χ4n) is 1.13. The molecule has 0 N–H and O–H groups in total. The van der Waals surface area contributed by atoms with Gasteiger partial charge in [0, 0.05) is 13.1 Å². The van der Waals surface area contributed by atoms with Crippen molar-refractivity contribution < 1.29 is 4.79 Å². The quantitative estimate of drug-likeness (QED) is 0.599. The van der Waals surface area contributed by atoms with E-state index in [-0.39, 0.29) is 5.91 Å². The van der Waals surface area contributed by atoms with Crippen LogP contribution in [0.15, 0.2) is 12.2 Å². The maximum absolute atomic E-state index is 11.5. The summed E-state index contributed by atoms with van der Waals surface area (Å²) < 4.78 is 0. The third kappa shape index (κ3) is 4.71. The minimum Gasteiger partial charge on any atom is -0.339 e. The molecule has 1 unspecified atom stereocenters. The van der Waals surface area contributed by atoms with E-state index in [1.165, 1.54) is 0 Å². The number of amides is 1. The number of nitrogens with zero attached hydrogens (tertiary/aromatic N) is 1. The zero-order valence-corrected chi connectivity index (χ0v) is 9.21. The molecule has 0 spiro atoms. The van der Waals surface area contributed by atoms with Gasteiger partial charge >= 0.3 is 0 Å². The molecular weight excluding hydrogens is 162 g/mol. The summed E-state index contributed by atoms with van der Waals surface area (Å²) in [4.78, 5) is 13.3. The molecule has 0 aromatic carbocycles. The van der Waals surface area contributed by atoms with Crippen LogP contribution in [-0.4, -0.2) is 23.9 Å². The van der Waals surface area contributed by atoms with Gasteiger partial charge in [-0.15, -0.1) is 0 Å². The molecule has 0 aromatic heterocycles. The van der Waals surface area contributed by atoms with Crippen molar-refractivity contribution in [2.45, 2.75) is 34.1 Å². The predicted octanol–water partition coefficient (Wildman–Crippen LogP) is 2.46. The maximum atomic E-state index is 11.5. The highest BCUT2D eigenvalue weighted by atomic mass is 16.2. The van der Waals surface area contributed by atoms with E-state index in [2.05, 4.69) is 13.8 Å². The van der Waals surface area contributed by atoms with Gasteiger partial charge in [0.15, 0.2) is 0 Å². The van der Waals surface area contributed by atoms with Gasteiger partial charge in [-0.1, -0.05) is 26.3 Å². The predicted molar refractivity (Wildman–Crippen MR) is 56.5 cm³/mol. The number of hydrogen-bond acceptors (Lipinski definition) is 1. The summed E-state index contributed by atoms with van der Waals surface area (Å²) >= 11 is 0. The van der Waals surface area contributed by atoms with Crippen molar-refractivity contribution in [2.24, 2.45) is 5.92 Å². The van der Waals surface area contributed by atoms with Gasteiger partial charge in [0.05, 0.1) is 0 Å². The van der Waals surface area contributed by atoms with Crippen LogP contribution < -0.4 is 0 Å². The Morgan fingerprint density at radius 1 is 1.46 bits per heavy atom. The van der Waals surface area contributed by atoms with Crippen LogP contribution in [0.2, 0.25) is 0 Å². The lowest BCUT2D eigenvalue weighted by Gasteiger charge is -2.22. The molecule has 1 amide bonds. The van der Waals surface area contributed by atoms with Gasteiger partial charge in [0.1, 0.15) is 0 Å². The molecule has 0 heterocycles. The van der Waals surface area contributed by atoms with Crippen LogP contribution in [0.1, 0.15) is 34.1 Å². The van der Waals surface area contributed by atoms with Crippen molar-refractivity contribution in [3.63, 3.8) is 0 Å². The lowest BCUT2D eigenvalue weighted by Crippen LogP contribution is -2.33. The van der Waals surface area contributed by atoms with Gasteiger partial charge in [-0.25, -0.2) is 0 Å². The number of allylic oxidation sites excluding steroid dienone is 1. The van der Waals surface area contributed by atoms with E-state index >= 15 is 0 Å². The first-order valence-electron chi connectivity index (χ1n) is 5.07. The summed E-state index contributed by atoms with van der Waals surface area (Å²) in [5.41, 5.74) is 0. The average Bonchev–Trinajstić information content (AvgIpc) is 2.14. The number of carbonyl (C=O) groups is 1. The fourth-order valence-corrected chi connectivity index (χ4v) is 1.13.